The second-order valence-corrected chi connectivity index (χ2v) is 6.19. The lowest BCUT2D eigenvalue weighted by molar-refractivity contribution is -0.0561. The Morgan fingerprint density at radius 1 is 1.48 bits per heavy atom. The summed E-state index contributed by atoms with van der Waals surface area (Å²) in [6, 6.07) is 5.53. The highest BCUT2D eigenvalue weighted by molar-refractivity contribution is 5.93. The molecular formula is C17H24N2O4. The topological polar surface area (TPSA) is 60.9 Å². The first-order valence-electron chi connectivity index (χ1n) is 8.17. The second kappa shape index (κ2) is 6.95. The van der Waals surface area contributed by atoms with E-state index in [9.17, 15) is 4.79 Å². The van der Waals surface area contributed by atoms with Crippen LogP contribution in [0.2, 0.25) is 0 Å². The zero-order chi connectivity index (χ0) is 16.3. The maximum absolute atomic E-state index is 13.0. The van der Waals surface area contributed by atoms with Gasteiger partial charge in [0.05, 0.1) is 38.1 Å². The van der Waals surface area contributed by atoms with Crippen molar-refractivity contribution in [3.05, 3.63) is 29.6 Å². The Balaban J connectivity index is 1.78. The Bertz CT molecular complexity index is 565. The summed E-state index contributed by atoms with van der Waals surface area (Å²) in [7, 11) is 0. The number of aromatic nitrogens is 1. The number of carbonyl (C=O) groups is 1. The van der Waals surface area contributed by atoms with Crippen molar-refractivity contribution < 1.29 is 19.0 Å². The van der Waals surface area contributed by atoms with Gasteiger partial charge < -0.3 is 19.1 Å². The number of ether oxygens (including phenoxy) is 3. The van der Waals surface area contributed by atoms with Crippen LogP contribution < -0.4 is 0 Å². The van der Waals surface area contributed by atoms with E-state index in [2.05, 4.69) is 4.98 Å². The fourth-order valence-corrected chi connectivity index (χ4v) is 3.31. The van der Waals surface area contributed by atoms with Crippen LogP contribution in [0.1, 0.15) is 29.5 Å². The fraction of sp³-hybridized carbons (Fsp3) is 0.647. The van der Waals surface area contributed by atoms with Gasteiger partial charge >= 0.3 is 0 Å². The molecule has 1 amide bonds. The molecule has 2 aliphatic heterocycles. The number of morpholine rings is 1. The molecule has 126 valence electrons. The van der Waals surface area contributed by atoms with Gasteiger partial charge in [-0.25, -0.2) is 4.98 Å². The van der Waals surface area contributed by atoms with Crippen molar-refractivity contribution in [2.24, 2.45) is 0 Å². The smallest absolute Gasteiger partial charge is 0.273 e. The zero-order valence-electron chi connectivity index (χ0n) is 13.8. The molecule has 6 nitrogen and oxygen atoms in total. The molecule has 0 aromatic carbocycles. The van der Waals surface area contributed by atoms with Crippen LogP contribution >= 0.6 is 0 Å². The Hall–Kier alpha value is -1.50. The van der Waals surface area contributed by atoms with Crippen LogP contribution in [-0.4, -0.2) is 67.0 Å². The molecule has 1 spiro atoms. The molecule has 6 heteroatoms. The fourth-order valence-electron chi connectivity index (χ4n) is 3.31. The Labute approximate surface area is 136 Å². The van der Waals surface area contributed by atoms with Gasteiger partial charge in [-0.3, -0.25) is 4.79 Å². The van der Waals surface area contributed by atoms with E-state index >= 15 is 0 Å². The zero-order valence-corrected chi connectivity index (χ0v) is 13.8. The molecule has 2 atom stereocenters. The summed E-state index contributed by atoms with van der Waals surface area (Å²) in [5, 5.41) is 0. The number of nitrogens with zero attached hydrogens (tertiary/aromatic N) is 2. The van der Waals surface area contributed by atoms with Gasteiger partial charge in [0.15, 0.2) is 0 Å². The highest BCUT2D eigenvalue weighted by Crippen LogP contribution is 2.34. The van der Waals surface area contributed by atoms with E-state index in [0.717, 1.165) is 12.1 Å². The van der Waals surface area contributed by atoms with E-state index in [1.54, 1.807) is 6.07 Å². The van der Waals surface area contributed by atoms with E-state index in [1.807, 2.05) is 30.9 Å². The predicted molar refractivity (Wildman–Crippen MR) is 84.4 cm³/mol. The standard InChI is InChI=1S/C17H24N2O4/c1-3-21-10-14-9-17(12-23-14)11-22-8-7-19(17)16(20)15-6-4-5-13(2)18-15/h4-6,14H,3,7-12H2,1-2H3. The van der Waals surface area contributed by atoms with Crippen LogP contribution in [0.15, 0.2) is 18.2 Å². The highest BCUT2D eigenvalue weighted by atomic mass is 16.5. The highest BCUT2D eigenvalue weighted by Gasteiger charge is 2.49. The van der Waals surface area contributed by atoms with Gasteiger partial charge in [0.1, 0.15) is 5.69 Å². The third-order valence-electron chi connectivity index (χ3n) is 4.46. The van der Waals surface area contributed by atoms with Gasteiger partial charge in [0.2, 0.25) is 0 Å². The van der Waals surface area contributed by atoms with Crippen molar-refractivity contribution in [1.29, 1.82) is 0 Å². The quantitative estimate of drug-likeness (QED) is 0.840. The largest absolute Gasteiger partial charge is 0.379 e. The SMILES string of the molecule is CCOCC1CC2(COCCN2C(=O)c2cccc(C)n2)CO1. The van der Waals surface area contributed by atoms with Crippen molar-refractivity contribution in [3.63, 3.8) is 0 Å². The summed E-state index contributed by atoms with van der Waals surface area (Å²) in [5.74, 6) is -0.0438. The molecular weight excluding hydrogens is 296 g/mol. The van der Waals surface area contributed by atoms with E-state index in [-0.39, 0.29) is 12.0 Å². The number of hydrogen-bond acceptors (Lipinski definition) is 5. The van der Waals surface area contributed by atoms with Gasteiger partial charge in [-0.2, -0.15) is 0 Å². The summed E-state index contributed by atoms with van der Waals surface area (Å²) in [6.07, 6.45) is 0.752. The van der Waals surface area contributed by atoms with Gasteiger partial charge in [-0.15, -0.1) is 0 Å². The molecule has 3 rings (SSSR count). The minimum absolute atomic E-state index is 0.0115. The summed E-state index contributed by atoms with van der Waals surface area (Å²) in [5.41, 5.74) is 0.928. The maximum Gasteiger partial charge on any atom is 0.273 e. The summed E-state index contributed by atoms with van der Waals surface area (Å²) in [4.78, 5) is 19.2. The summed E-state index contributed by atoms with van der Waals surface area (Å²) >= 11 is 0. The molecule has 2 unspecified atom stereocenters. The minimum Gasteiger partial charge on any atom is -0.379 e. The average Bonchev–Trinajstić information content (AvgIpc) is 2.96. The van der Waals surface area contributed by atoms with E-state index < -0.39 is 5.54 Å². The van der Waals surface area contributed by atoms with Crippen molar-refractivity contribution in [2.75, 3.05) is 39.6 Å². The first-order valence-corrected chi connectivity index (χ1v) is 8.17. The van der Waals surface area contributed by atoms with Crippen molar-refractivity contribution in [3.8, 4) is 0 Å². The maximum atomic E-state index is 13.0. The number of rotatable bonds is 4. The molecule has 2 aliphatic rings. The third-order valence-corrected chi connectivity index (χ3v) is 4.46. The number of hydrogen-bond donors (Lipinski definition) is 0. The van der Waals surface area contributed by atoms with Crippen molar-refractivity contribution in [1.82, 2.24) is 9.88 Å². The molecule has 3 heterocycles. The number of amides is 1. The lowest BCUT2D eigenvalue weighted by Crippen LogP contribution is -2.60. The predicted octanol–water partition coefficient (Wildman–Crippen LogP) is 1.43. The molecule has 0 bridgehead atoms. The monoisotopic (exact) mass is 320 g/mol. The van der Waals surface area contributed by atoms with E-state index in [1.165, 1.54) is 0 Å². The molecule has 0 aliphatic carbocycles. The first kappa shape index (κ1) is 16.4. The van der Waals surface area contributed by atoms with Crippen LogP contribution in [0.3, 0.4) is 0 Å². The van der Waals surface area contributed by atoms with Crippen LogP contribution in [0, 0.1) is 6.92 Å². The lowest BCUT2D eigenvalue weighted by Gasteiger charge is -2.43. The van der Waals surface area contributed by atoms with Crippen LogP contribution in [0.25, 0.3) is 0 Å². The van der Waals surface area contributed by atoms with E-state index in [4.69, 9.17) is 14.2 Å². The van der Waals surface area contributed by atoms with Crippen LogP contribution in [0.5, 0.6) is 0 Å². The van der Waals surface area contributed by atoms with Crippen molar-refractivity contribution >= 4 is 5.91 Å². The normalized spacial score (nSPS) is 27.6. The Kier molecular flexibility index (Phi) is 4.94. The van der Waals surface area contributed by atoms with E-state index in [0.29, 0.717) is 45.3 Å². The number of pyridine rings is 1. The summed E-state index contributed by atoms with van der Waals surface area (Å²) < 4.78 is 17.0. The van der Waals surface area contributed by atoms with Crippen LogP contribution in [-0.2, 0) is 14.2 Å². The minimum atomic E-state index is -0.400. The van der Waals surface area contributed by atoms with Gasteiger partial charge in [-0.1, -0.05) is 6.07 Å². The molecule has 2 fully saturated rings. The number of aryl methyl sites for hydroxylation is 1. The molecule has 2 saturated heterocycles. The molecule has 1 aromatic rings. The Morgan fingerprint density at radius 3 is 3.13 bits per heavy atom. The summed E-state index contributed by atoms with van der Waals surface area (Å²) in [6.45, 7) is 7.20. The second-order valence-electron chi connectivity index (χ2n) is 6.19. The van der Waals surface area contributed by atoms with Crippen LogP contribution in [0.4, 0.5) is 0 Å². The van der Waals surface area contributed by atoms with Gasteiger partial charge in [0, 0.05) is 25.3 Å². The average molecular weight is 320 g/mol. The lowest BCUT2D eigenvalue weighted by atomic mass is 9.92. The van der Waals surface area contributed by atoms with Gasteiger partial charge in [-0.05, 0) is 26.0 Å². The molecule has 0 N–H and O–H groups in total. The first-order chi connectivity index (χ1) is 11.1. The molecule has 0 saturated carbocycles. The number of carbonyl (C=O) groups excluding carboxylic acids is 1. The van der Waals surface area contributed by atoms with Crippen molar-refractivity contribution in [2.45, 2.75) is 31.9 Å². The molecule has 0 radical (unpaired) electrons. The molecule has 1 aromatic heterocycles. The van der Waals surface area contributed by atoms with Gasteiger partial charge in [0.25, 0.3) is 5.91 Å². The molecule has 23 heavy (non-hydrogen) atoms. The Morgan fingerprint density at radius 2 is 2.35 bits per heavy atom. The third kappa shape index (κ3) is 3.39.